The SMILES string of the molecule is O=S1(=O)CCC(C2C(O)CC3CCC2N3)CC1. The van der Waals surface area contributed by atoms with Crippen LogP contribution in [0.1, 0.15) is 32.1 Å². The first kappa shape index (κ1) is 11.9. The molecule has 3 fully saturated rings. The molecule has 5 heteroatoms. The lowest BCUT2D eigenvalue weighted by Gasteiger charge is -2.41. The maximum atomic E-state index is 11.4. The predicted octanol–water partition coefficient (Wildman–Crippen LogP) is 0.313. The third-order valence-corrected chi connectivity index (χ3v) is 6.57. The van der Waals surface area contributed by atoms with E-state index in [1.54, 1.807) is 0 Å². The number of nitrogens with one attached hydrogen (secondary N) is 1. The molecule has 0 amide bonds. The second-order valence-electron chi connectivity index (χ2n) is 5.92. The monoisotopic (exact) mass is 259 g/mol. The molecule has 4 nitrogen and oxygen atoms in total. The van der Waals surface area contributed by atoms with Crippen LogP contribution in [0.5, 0.6) is 0 Å². The zero-order valence-electron chi connectivity index (χ0n) is 10.0. The Labute approximate surface area is 103 Å². The summed E-state index contributed by atoms with van der Waals surface area (Å²) in [6, 6.07) is 0.924. The van der Waals surface area contributed by atoms with Gasteiger partial charge in [0.25, 0.3) is 0 Å². The number of hydrogen-bond acceptors (Lipinski definition) is 4. The van der Waals surface area contributed by atoms with Gasteiger partial charge in [0.2, 0.25) is 0 Å². The number of piperidine rings is 1. The normalized spacial score (nSPS) is 45.9. The van der Waals surface area contributed by atoms with E-state index in [1.807, 2.05) is 0 Å². The highest BCUT2D eigenvalue weighted by molar-refractivity contribution is 7.91. The van der Waals surface area contributed by atoms with Crippen LogP contribution in [0.25, 0.3) is 0 Å². The topological polar surface area (TPSA) is 66.4 Å². The van der Waals surface area contributed by atoms with Crippen molar-refractivity contribution >= 4 is 9.84 Å². The second-order valence-corrected chi connectivity index (χ2v) is 8.22. The van der Waals surface area contributed by atoms with Crippen molar-refractivity contribution in [2.75, 3.05) is 11.5 Å². The number of aliphatic hydroxyl groups excluding tert-OH is 1. The summed E-state index contributed by atoms with van der Waals surface area (Å²) < 4.78 is 22.9. The third-order valence-electron chi connectivity index (χ3n) is 4.85. The molecule has 3 aliphatic heterocycles. The van der Waals surface area contributed by atoms with Crippen LogP contribution in [0.15, 0.2) is 0 Å². The van der Waals surface area contributed by atoms with Crippen molar-refractivity contribution in [2.45, 2.75) is 50.3 Å². The van der Waals surface area contributed by atoms with Gasteiger partial charge in [0.1, 0.15) is 9.84 Å². The molecule has 98 valence electrons. The van der Waals surface area contributed by atoms with Crippen LogP contribution in [0.4, 0.5) is 0 Å². The Morgan fingerprint density at radius 1 is 1.06 bits per heavy atom. The van der Waals surface area contributed by atoms with E-state index in [9.17, 15) is 13.5 Å². The maximum absolute atomic E-state index is 11.4. The molecule has 0 radical (unpaired) electrons. The molecule has 0 saturated carbocycles. The summed E-state index contributed by atoms with van der Waals surface area (Å²) in [6.45, 7) is 0. The van der Waals surface area contributed by atoms with E-state index in [-0.39, 0.29) is 12.0 Å². The van der Waals surface area contributed by atoms with Crippen LogP contribution >= 0.6 is 0 Å². The Hall–Kier alpha value is -0.130. The molecule has 0 spiro atoms. The van der Waals surface area contributed by atoms with Crippen molar-refractivity contribution < 1.29 is 13.5 Å². The maximum Gasteiger partial charge on any atom is 0.150 e. The molecular formula is C12H21NO3S. The molecule has 3 saturated heterocycles. The highest BCUT2D eigenvalue weighted by atomic mass is 32.2. The lowest BCUT2D eigenvalue weighted by atomic mass is 9.76. The van der Waals surface area contributed by atoms with E-state index in [2.05, 4.69) is 5.32 Å². The molecule has 4 unspecified atom stereocenters. The summed E-state index contributed by atoms with van der Waals surface area (Å²) in [7, 11) is -2.79. The molecule has 3 heterocycles. The van der Waals surface area contributed by atoms with Crippen LogP contribution in [0.2, 0.25) is 0 Å². The average molecular weight is 259 g/mol. The van der Waals surface area contributed by atoms with Gasteiger partial charge < -0.3 is 10.4 Å². The van der Waals surface area contributed by atoms with E-state index < -0.39 is 9.84 Å². The van der Waals surface area contributed by atoms with E-state index in [4.69, 9.17) is 0 Å². The Morgan fingerprint density at radius 2 is 1.76 bits per heavy atom. The molecule has 0 aromatic rings. The fraction of sp³-hybridized carbons (Fsp3) is 1.00. The Balaban J connectivity index is 1.71. The zero-order chi connectivity index (χ0) is 12.0. The van der Waals surface area contributed by atoms with Gasteiger partial charge in [0.05, 0.1) is 17.6 Å². The molecule has 17 heavy (non-hydrogen) atoms. The van der Waals surface area contributed by atoms with Gasteiger partial charge in [0, 0.05) is 18.0 Å². The number of fused-ring (bicyclic) bond motifs is 2. The van der Waals surface area contributed by atoms with Crippen LogP contribution in [0, 0.1) is 11.8 Å². The van der Waals surface area contributed by atoms with Crippen molar-refractivity contribution in [3.05, 3.63) is 0 Å². The van der Waals surface area contributed by atoms with Gasteiger partial charge in [-0.2, -0.15) is 0 Å². The van der Waals surface area contributed by atoms with Crippen LogP contribution in [0.3, 0.4) is 0 Å². The first-order valence-electron chi connectivity index (χ1n) is 6.70. The summed E-state index contributed by atoms with van der Waals surface area (Å²) >= 11 is 0. The fourth-order valence-electron chi connectivity index (χ4n) is 3.99. The molecule has 0 aliphatic carbocycles. The van der Waals surface area contributed by atoms with Crippen LogP contribution in [-0.2, 0) is 9.84 Å². The number of aliphatic hydroxyl groups is 1. The third kappa shape index (κ3) is 2.25. The second kappa shape index (κ2) is 4.21. The molecule has 2 bridgehead atoms. The summed E-state index contributed by atoms with van der Waals surface area (Å²) in [6.07, 6.45) is 4.43. The van der Waals surface area contributed by atoms with Crippen molar-refractivity contribution in [3.8, 4) is 0 Å². The first-order chi connectivity index (χ1) is 8.05. The molecular weight excluding hydrogens is 238 g/mol. The molecule has 4 atom stereocenters. The quantitative estimate of drug-likeness (QED) is 0.711. The average Bonchev–Trinajstić information content (AvgIpc) is 2.63. The zero-order valence-corrected chi connectivity index (χ0v) is 10.8. The Bertz CT molecular complexity index is 381. The molecule has 2 N–H and O–H groups in total. The van der Waals surface area contributed by atoms with Gasteiger partial charge in [-0.3, -0.25) is 0 Å². The molecule has 3 rings (SSSR count). The smallest absolute Gasteiger partial charge is 0.150 e. The fourth-order valence-corrected chi connectivity index (χ4v) is 5.52. The van der Waals surface area contributed by atoms with E-state index in [1.165, 1.54) is 6.42 Å². The first-order valence-corrected chi connectivity index (χ1v) is 8.52. The lowest BCUT2D eigenvalue weighted by molar-refractivity contribution is 0.0169. The minimum atomic E-state index is -2.79. The van der Waals surface area contributed by atoms with Gasteiger partial charge >= 0.3 is 0 Å². The van der Waals surface area contributed by atoms with Gasteiger partial charge in [-0.25, -0.2) is 8.42 Å². The van der Waals surface area contributed by atoms with Gasteiger partial charge in [-0.1, -0.05) is 0 Å². The van der Waals surface area contributed by atoms with Gasteiger partial charge in [-0.05, 0) is 38.0 Å². The predicted molar refractivity (Wildman–Crippen MR) is 65.4 cm³/mol. The summed E-state index contributed by atoms with van der Waals surface area (Å²) in [5.74, 6) is 1.31. The van der Waals surface area contributed by atoms with E-state index in [0.717, 1.165) is 25.7 Å². The van der Waals surface area contributed by atoms with Gasteiger partial charge in [0.15, 0.2) is 0 Å². The van der Waals surface area contributed by atoms with E-state index >= 15 is 0 Å². The van der Waals surface area contributed by atoms with Gasteiger partial charge in [-0.15, -0.1) is 0 Å². The molecule has 0 aromatic carbocycles. The summed E-state index contributed by atoms with van der Waals surface area (Å²) in [5, 5.41) is 13.8. The van der Waals surface area contributed by atoms with E-state index in [0.29, 0.717) is 29.5 Å². The van der Waals surface area contributed by atoms with Crippen molar-refractivity contribution in [3.63, 3.8) is 0 Å². The lowest BCUT2D eigenvalue weighted by Crippen LogP contribution is -2.52. The van der Waals surface area contributed by atoms with Crippen LogP contribution < -0.4 is 5.32 Å². The largest absolute Gasteiger partial charge is 0.393 e. The summed E-state index contributed by atoms with van der Waals surface area (Å²) in [4.78, 5) is 0. The highest BCUT2D eigenvalue weighted by Gasteiger charge is 2.45. The Kier molecular flexibility index (Phi) is 2.96. The number of hydrogen-bond donors (Lipinski definition) is 2. The standard InChI is InChI=1S/C12H21NO3S/c14-11-7-9-1-2-10(13-9)12(11)8-3-5-17(15,16)6-4-8/h8-14H,1-7H2. The minimum absolute atomic E-state index is 0.223. The molecule has 3 aliphatic rings. The summed E-state index contributed by atoms with van der Waals surface area (Å²) in [5.41, 5.74) is 0. The number of sulfone groups is 1. The Morgan fingerprint density at radius 3 is 2.47 bits per heavy atom. The minimum Gasteiger partial charge on any atom is -0.393 e. The highest BCUT2D eigenvalue weighted by Crippen LogP contribution is 2.39. The van der Waals surface area contributed by atoms with Crippen molar-refractivity contribution in [1.29, 1.82) is 0 Å². The number of rotatable bonds is 1. The van der Waals surface area contributed by atoms with Crippen molar-refractivity contribution in [1.82, 2.24) is 5.32 Å². The molecule has 0 aromatic heterocycles. The van der Waals surface area contributed by atoms with Crippen LogP contribution in [-0.4, -0.2) is 43.2 Å². The van der Waals surface area contributed by atoms with Crippen molar-refractivity contribution in [2.24, 2.45) is 11.8 Å².